The van der Waals surface area contributed by atoms with E-state index in [1.165, 1.54) is 22.9 Å². The molecule has 1 amide bonds. The van der Waals surface area contributed by atoms with Crippen molar-refractivity contribution >= 4 is 33.2 Å². The minimum absolute atomic E-state index is 0.0715. The molecule has 3 rings (SSSR count). The lowest BCUT2D eigenvalue weighted by Gasteiger charge is -2.09. The Hall–Kier alpha value is -2.84. The van der Waals surface area contributed by atoms with E-state index in [0.29, 0.717) is 16.4 Å². The molecule has 0 spiro atoms. The summed E-state index contributed by atoms with van der Waals surface area (Å²) in [5.41, 5.74) is 6.34. The van der Waals surface area contributed by atoms with Gasteiger partial charge in [0.2, 0.25) is 0 Å². The first-order valence-corrected chi connectivity index (χ1v) is 8.95. The summed E-state index contributed by atoms with van der Waals surface area (Å²) in [7, 11) is -3.74. The van der Waals surface area contributed by atoms with Crippen LogP contribution in [0.15, 0.2) is 65.7 Å². The molecule has 2 aromatic carbocycles. The number of aromatic nitrogens is 2. The highest BCUT2D eigenvalue weighted by Crippen LogP contribution is 2.20. The Kier molecular flexibility index (Phi) is 4.47. The van der Waals surface area contributed by atoms with Gasteiger partial charge in [0.25, 0.3) is 15.9 Å². The van der Waals surface area contributed by atoms with Crippen molar-refractivity contribution < 1.29 is 13.2 Å². The number of halogens is 1. The summed E-state index contributed by atoms with van der Waals surface area (Å²) >= 11 is 5.83. The van der Waals surface area contributed by atoms with E-state index >= 15 is 0 Å². The van der Waals surface area contributed by atoms with Crippen LogP contribution in [-0.2, 0) is 10.0 Å². The highest BCUT2D eigenvalue weighted by Gasteiger charge is 2.14. The fourth-order valence-corrected chi connectivity index (χ4v) is 3.49. The van der Waals surface area contributed by atoms with E-state index < -0.39 is 15.9 Å². The molecular weight excluding hydrogens is 364 g/mol. The quantitative estimate of drug-likeness (QED) is 0.712. The predicted octanol–water partition coefficient (Wildman–Crippen LogP) is 2.43. The molecular formula is C16H13ClN4O3S. The summed E-state index contributed by atoms with van der Waals surface area (Å²) in [6.45, 7) is 0. The van der Waals surface area contributed by atoms with E-state index in [9.17, 15) is 13.2 Å². The minimum Gasteiger partial charge on any atom is -0.364 e. The van der Waals surface area contributed by atoms with Gasteiger partial charge in [-0.15, -0.1) is 0 Å². The van der Waals surface area contributed by atoms with Gasteiger partial charge in [-0.1, -0.05) is 17.7 Å². The van der Waals surface area contributed by atoms with E-state index in [-0.39, 0.29) is 10.6 Å². The fraction of sp³-hybridized carbons (Fsp3) is 0. The number of amides is 1. The van der Waals surface area contributed by atoms with Crippen molar-refractivity contribution in [2.45, 2.75) is 4.90 Å². The molecule has 0 bridgehead atoms. The third-order valence-electron chi connectivity index (χ3n) is 3.33. The third kappa shape index (κ3) is 3.81. The van der Waals surface area contributed by atoms with E-state index in [1.807, 2.05) is 0 Å². The highest BCUT2D eigenvalue weighted by molar-refractivity contribution is 7.92. The lowest BCUT2D eigenvalue weighted by molar-refractivity contribution is 0.0995. The van der Waals surface area contributed by atoms with E-state index in [4.69, 9.17) is 17.3 Å². The third-order valence-corrected chi connectivity index (χ3v) is 4.95. The maximum absolute atomic E-state index is 12.3. The Bertz CT molecular complexity index is 1030. The fourth-order valence-electron chi connectivity index (χ4n) is 2.13. The van der Waals surface area contributed by atoms with Crippen molar-refractivity contribution in [1.29, 1.82) is 0 Å². The van der Waals surface area contributed by atoms with Crippen LogP contribution in [0.1, 0.15) is 10.5 Å². The van der Waals surface area contributed by atoms with Crippen LogP contribution < -0.4 is 10.5 Å². The first-order chi connectivity index (χ1) is 11.8. The largest absolute Gasteiger partial charge is 0.364 e. The van der Waals surface area contributed by atoms with Crippen molar-refractivity contribution in [3.05, 3.63) is 71.5 Å². The van der Waals surface area contributed by atoms with Crippen LogP contribution >= 0.6 is 11.6 Å². The van der Waals surface area contributed by atoms with E-state index in [1.54, 1.807) is 42.6 Å². The average molecular weight is 377 g/mol. The Morgan fingerprint density at radius 2 is 1.84 bits per heavy atom. The zero-order chi connectivity index (χ0) is 18.0. The number of hydrogen-bond donors (Lipinski definition) is 2. The van der Waals surface area contributed by atoms with Crippen LogP contribution in [0, 0.1) is 0 Å². The van der Waals surface area contributed by atoms with Gasteiger partial charge in [-0.2, -0.15) is 5.10 Å². The number of sulfonamides is 1. The molecule has 0 saturated carbocycles. The van der Waals surface area contributed by atoms with E-state index in [2.05, 4.69) is 9.82 Å². The monoisotopic (exact) mass is 376 g/mol. The molecule has 9 heteroatoms. The Morgan fingerprint density at radius 3 is 2.44 bits per heavy atom. The number of nitrogens with zero attached hydrogens (tertiary/aromatic N) is 2. The van der Waals surface area contributed by atoms with Gasteiger partial charge in [-0.3, -0.25) is 9.52 Å². The van der Waals surface area contributed by atoms with Gasteiger partial charge in [-0.25, -0.2) is 13.1 Å². The second kappa shape index (κ2) is 6.58. The number of nitrogens with two attached hydrogens (primary N) is 1. The van der Waals surface area contributed by atoms with Crippen LogP contribution in [0.3, 0.4) is 0 Å². The average Bonchev–Trinajstić information content (AvgIpc) is 3.05. The first-order valence-electron chi connectivity index (χ1n) is 7.09. The zero-order valence-corrected chi connectivity index (χ0v) is 14.3. The number of rotatable bonds is 5. The second-order valence-corrected chi connectivity index (χ2v) is 7.24. The summed E-state index contributed by atoms with van der Waals surface area (Å²) in [5, 5.41) is 4.37. The lowest BCUT2D eigenvalue weighted by Crippen LogP contribution is -2.13. The van der Waals surface area contributed by atoms with Gasteiger partial charge in [0.1, 0.15) is 5.69 Å². The smallest absolute Gasteiger partial charge is 0.269 e. The van der Waals surface area contributed by atoms with Crippen molar-refractivity contribution in [3.8, 4) is 5.69 Å². The predicted molar refractivity (Wildman–Crippen MR) is 94.3 cm³/mol. The highest BCUT2D eigenvalue weighted by atomic mass is 35.5. The number of carbonyl (C=O) groups excluding carboxylic acids is 1. The molecule has 7 nitrogen and oxygen atoms in total. The molecule has 0 aliphatic heterocycles. The molecule has 0 radical (unpaired) electrons. The normalized spacial score (nSPS) is 11.2. The molecule has 0 saturated heterocycles. The molecule has 0 atom stereocenters. The Labute approximate surface area is 149 Å². The molecule has 1 aromatic heterocycles. The SMILES string of the molecule is NC(=O)c1ccn(-c2ccc(NS(=O)(=O)c3cccc(Cl)c3)cc2)n1. The van der Waals surface area contributed by atoms with Crippen LogP contribution in [0.2, 0.25) is 5.02 Å². The maximum atomic E-state index is 12.3. The standard InChI is InChI=1S/C16H13ClN4O3S/c17-11-2-1-3-14(10-11)25(23,24)20-12-4-6-13(7-5-12)21-9-8-15(19-21)16(18)22/h1-10,20H,(H2,18,22). The van der Waals surface area contributed by atoms with Gasteiger partial charge in [0.15, 0.2) is 0 Å². The molecule has 128 valence electrons. The van der Waals surface area contributed by atoms with Crippen LogP contribution in [0.25, 0.3) is 5.69 Å². The number of carbonyl (C=O) groups is 1. The van der Waals surface area contributed by atoms with Crippen LogP contribution in [0.5, 0.6) is 0 Å². The van der Waals surface area contributed by atoms with Gasteiger partial charge < -0.3 is 5.73 Å². The second-order valence-electron chi connectivity index (χ2n) is 5.12. The summed E-state index contributed by atoms with van der Waals surface area (Å²) < 4.78 is 28.6. The number of hydrogen-bond acceptors (Lipinski definition) is 4. The number of nitrogens with one attached hydrogen (secondary N) is 1. The molecule has 0 aliphatic carbocycles. The van der Waals surface area contributed by atoms with Crippen molar-refractivity contribution in [1.82, 2.24) is 9.78 Å². The summed E-state index contributed by atoms with van der Waals surface area (Å²) in [5.74, 6) is -0.621. The van der Waals surface area contributed by atoms with Gasteiger partial charge in [0.05, 0.1) is 10.6 Å². The van der Waals surface area contributed by atoms with Crippen LogP contribution in [0.4, 0.5) is 5.69 Å². The summed E-state index contributed by atoms with van der Waals surface area (Å²) in [6.07, 6.45) is 1.59. The molecule has 25 heavy (non-hydrogen) atoms. The van der Waals surface area contributed by atoms with Crippen molar-refractivity contribution in [3.63, 3.8) is 0 Å². The molecule has 0 fully saturated rings. The molecule has 0 unspecified atom stereocenters. The molecule has 1 heterocycles. The minimum atomic E-state index is -3.74. The molecule has 0 aliphatic rings. The topological polar surface area (TPSA) is 107 Å². The molecule has 3 aromatic rings. The van der Waals surface area contributed by atoms with Crippen LogP contribution in [-0.4, -0.2) is 24.1 Å². The van der Waals surface area contributed by atoms with Gasteiger partial charge in [-0.05, 0) is 48.5 Å². The van der Waals surface area contributed by atoms with Crippen molar-refractivity contribution in [2.75, 3.05) is 4.72 Å². The first kappa shape index (κ1) is 17.0. The Balaban J connectivity index is 1.81. The Morgan fingerprint density at radius 1 is 1.12 bits per heavy atom. The molecule has 3 N–H and O–H groups in total. The summed E-state index contributed by atoms with van der Waals surface area (Å²) in [6, 6.07) is 14.0. The van der Waals surface area contributed by atoms with Crippen molar-refractivity contribution in [2.24, 2.45) is 5.73 Å². The number of primary amides is 1. The van der Waals surface area contributed by atoms with Gasteiger partial charge >= 0.3 is 0 Å². The number of benzene rings is 2. The van der Waals surface area contributed by atoms with Gasteiger partial charge in [0, 0.05) is 16.9 Å². The summed E-state index contributed by atoms with van der Waals surface area (Å²) in [4.78, 5) is 11.1. The number of anilines is 1. The maximum Gasteiger partial charge on any atom is 0.269 e. The zero-order valence-electron chi connectivity index (χ0n) is 12.8. The van der Waals surface area contributed by atoms with E-state index in [0.717, 1.165) is 0 Å². The lowest BCUT2D eigenvalue weighted by atomic mass is 10.3.